The van der Waals surface area contributed by atoms with Crippen LogP contribution in [-0.2, 0) is 27.8 Å². The number of pyridine rings is 1. The van der Waals surface area contributed by atoms with Crippen LogP contribution in [0.25, 0.3) is 10.9 Å². The lowest BCUT2D eigenvalue weighted by Gasteiger charge is -2.23. The lowest BCUT2D eigenvalue weighted by atomic mass is 9.98. The summed E-state index contributed by atoms with van der Waals surface area (Å²) in [7, 11) is 0.873. The van der Waals surface area contributed by atoms with Gasteiger partial charge in [0.2, 0.25) is 15.9 Å². The molecule has 2 heterocycles. The number of aryl methyl sites for hydroxylation is 1. The second-order valence-corrected chi connectivity index (χ2v) is 11.1. The van der Waals surface area contributed by atoms with Crippen LogP contribution in [0.4, 0.5) is 5.69 Å². The number of anilines is 1. The number of rotatable bonds is 6. The van der Waals surface area contributed by atoms with Crippen molar-refractivity contribution in [3.63, 3.8) is 0 Å². The molecule has 0 bridgehead atoms. The normalized spacial score (nSPS) is 13.3. The molecule has 9 nitrogen and oxygen atoms in total. The maximum atomic E-state index is 13.2. The largest absolute Gasteiger partial charge is 0.505 e. The number of fused-ring (bicyclic) bond motifs is 2. The van der Waals surface area contributed by atoms with Crippen molar-refractivity contribution in [1.29, 1.82) is 0 Å². The first-order valence-electron chi connectivity index (χ1n) is 11.0. The van der Waals surface area contributed by atoms with Gasteiger partial charge in [0.1, 0.15) is 12.1 Å². The third-order valence-electron chi connectivity index (χ3n) is 6.26. The Bertz CT molecular complexity index is 1450. The van der Waals surface area contributed by atoms with Gasteiger partial charge >= 0.3 is 0 Å². The number of likely N-dealkylation sites (N-methyl/N-ethyl adjacent to an activating group) is 1. The van der Waals surface area contributed by atoms with Gasteiger partial charge in [-0.2, -0.15) is 0 Å². The Morgan fingerprint density at radius 3 is 2.40 bits per heavy atom. The topological polar surface area (TPSA) is 111 Å². The van der Waals surface area contributed by atoms with Crippen LogP contribution in [0.3, 0.4) is 0 Å². The number of hydrogen-bond acceptors (Lipinski definition) is 6. The standard InChI is InChI=1S/C25H28N4O5S/c1-15-6-8-16(9-7-15)10-17-11-18-22(26-12-17)24(31)21-19(23(18)28(4)35(5,33)34)13-29(25(21)32)14-20(30)27(2)3/h6-9,11-12,31H,10,13-14H2,1-5H3. The van der Waals surface area contributed by atoms with Crippen molar-refractivity contribution in [2.75, 3.05) is 38.2 Å². The summed E-state index contributed by atoms with van der Waals surface area (Å²) < 4.78 is 26.3. The van der Waals surface area contributed by atoms with Gasteiger partial charge in [0.25, 0.3) is 5.91 Å². The highest BCUT2D eigenvalue weighted by Crippen LogP contribution is 2.44. The summed E-state index contributed by atoms with van der Waals surface area (Å²) in [4.78, 5) is 32.6. The van der Waals surface area contributed by atoms with Gasteiger partial charge in [-0.3, -0.25) is 18.9 Å². The third-order valence-corrected chi connectivity index (χ3v) is 7.44. The summed E-state index contributed by atoms with van der Waals surface area (Å²) in [6.45, 7) is 1.81. The van der Waals surface area contributed by atoms with E-state index in [0.717, 1.165) is 27.3 Å². The highest BCUT2D eigenvalue weighted by atomic mass is 32.2. The number of nitrogens with zero attached hydrogens (tertiary/aromatic N) is 4. The Kier molecular flexibility index (Phi) is 6.18. The van der Waals surface area contributed by atoms with Crippen molar-refractivity contribution >= 4 is 38.4 Å². The maximum absolute atomic E-state index is 13.2. The number of aromatic nitrogens is 1. The molecule has 0 atom stereocenters. The molecule has 1 aliphatic rings. The predicted molar refractivity (Wildman–Crippen MR) is 134 cm³/mol. The van der Waals surface area contributed by atoms with Crippen LogP contribution in [0, 0.1) is 6.92 Å². The molecule has 0 unspecified atom stereocenters. The molecule has 0 saturated carbocycles. The number of benzene rings is 2. The first-order valence-corrected chi connectivity index (χ1v) is 12.9. The zero-order valence-electron chi connectivity index (χ0n) is 20.4. The number of carbonyl (C=O) groups excluding carboxylic acids is 2. The number of carbonyl (C=O) groups is 2. The van der Waals surface area contributed by atoms with Crippen molar-refractivity contribution < 1.29 is 23.1 Å². The lowest BCUT2D eigenvalue weighted by molar-refractivity contribution is -0.129. The van der Waals surface area contributed by atoms with E-state index >= 15 is 0 Å². The molecule has 184 valence electrons. The summed E-state index contributed by atoms with van der Waals surface area (Å²) in [5.74, 6) is -1.14. The SMILES string of the molecule is Cc1ccc(Cc2cnc3c(O)c4c(c(N(C)S(C)(=O)=O)c3c2)CN(CC(=O)N(C)C)C4=O)cc1. The van der Waals surface area contributed by atoms with Crippen LogP contribution < -0.4 is 4.31 Å². The van der Waals surface area contributed by atoms with Gasteiger partial charge in [-0.05, 0) is 30.5 Å². The van der Waals surface area contributed by atoms with Gasteiger partial charge in [-0.25, -0.2) is 8.42 Å². The summed E-state index contributed by atoms with van der Waals surface area (Å²) in [5.41, 5.74) is 3.78. The molecule has 1 N–H and O–H groups in total. The monoisotopic (exact) mass is 496 g/mol. The molecule has 1 aliphatic heterocycles. The molecule has 0 fully saturated rings. The van der Waals surface area contributed by atoms with Crippen LogP contribution in [-0.4, -0.2) is 74.1 Å². The molecule has 2 amide bonds. The van der Waals surface area contributed by atoms with E-state index in [0.29, 0.717) is 17.4 Å². The van der Waals surface area contributed by atoms with Gasteiger partial charge in [0.15, 0.2) is 5.75 Å². The number of sulfonamides is 1. The fraction of sp³-hybridized carbons (Fsp3) is 0.320. The second-order valence-electron chi connectivity index (χ2n) is 9.13. The summed E-state index contributed by atoms with van der Waals surface area (Å²) in [6, 6.07) is 9.86. The van der Waals surface area contributed by atoms with Crippen molar-refractivity contribution in [2.24, 2.45) is 0 Å². The van der Waals surface area contributed by atoms with E-state index in [1.54, 1.807) is 26.4 Å². The fourth-order valence-electron chi connectivity index (χ4n) is 4.22. The molecule has 0 saturated heterocycles. The molecule has 10 heteroatoms. The Hall–Kier alpha value is -3.66. The highest BCUT2D eigenvalue weighted by Gasteiger charge is 2.38. The Balaban J connectivity index is 1.90. The first kappa shape index (κ1) is 24.5. The number of hydrogen-bond donors (Lipinski definition) is 1. The van der Waals surface area contributed by atoms with Gasteiger partial charge in [-0.1, -0.05) is 29.8 Å². The molecule has 1 aromatic heterocycles. The minimum Gasteiger partial charge on any atom is -0.505 e. The summed E-state index contributed by atoms with van der Waals surface area (Å²) in [6.07, 6.45) is 3.25. The Morgan fingerprint density at radius 1 is 1.14 bits per heavy atom. The number of aromatic hydroxyl groups is 1. The molecule has 3 aromatic rings. The van der Waals surface area contributed by atoms with E-state index in [4.69, 9.17) is 0 Å². The third kappa shape index (κ3) is 4.53. The van der Waals surface area contributed by atoms with Crippen LogP contribution >= 0.6 is 0 Å². The first-order chi connectivity index (χ1) is 16.4. The average Bonchev–Trinajstić information content (AvgIpc) is 3.10. The minimum atomic E-state index is -3.71. The van der Waals surface area contributed by atoms with Crippen molar-refractivity contribution in [2.45, 2.75) is 19.9 Å². The zero-order valence-corrected chi connectivity index (χ0v) is 21.2. The predicted octanol–water partition coefficient (Wildman–Crippen LogP) is 2.28. The van der Waals surface area contributed by atoms with Crippen molar-refractivity contribution in [1.82, 2.24) is 14.8 Å². The molecule has 0 aliphatic carbocycles. The van der Waals surface area contributed by atoms with Crippen molar-refractivity contribution in [3.8, 4) is 5.75 Å². The maximum Gasteiger partial charge on any atom is 0.258 e. The molecule has 0 radical (unpaired) electrons. The molecule has 0 spiro atoms. The van der Waals surface area contributed by atoms with E-state index in [1.165, 1.54) is 16.8 Å². The van der Waals surface area contributed by atoms with E-state index < -0.39 is 15.9 Å². The Labute approximate surface area is 204 Å². The van der Waals surface area contributed by atoms with Crippen LogP contribution in [0.5, 0.6) is 5.75 Å². The zero-order chi connectivity index (χ0) is 25.7. The number of amides is 2. The van der Waals surface area contributed by atoms with Crippen LogP contribution in [0.2, 0.25) is 0 Å². The quantitative estimate of drug-likeness (QED) is 0.561. The number of phenols is 1. The molecule has 2 aromatic carbocycles. The van der Waals surface area contributed by atoms with Gasteiger partial charge in [-0.15, -0.1) is 0 Å². The average molecular weight is 497 g/mol. The van der Waals surface area contributed by atoms with E-state index in [-0.39, 0.29) is 41.5 Å². The smallest absolute Gasteiger partial charge is 0.258 e. The van der Waals surface area contributed by atoms with Crippen LogP contribution in [0.1, 0.15) is 32.6 Å². The minimum absolute atomic E-state index is 0.00533. The second kappa shape index (κ2) is 8.84. The molecule has 35 heavy (non-hydrogen) atoms. The lowest BCUT2D eigenvalue weighted by Crippen LogP contribution is -2.36. The molecular formula is C25H28N4O5S. The van der Waals surface area contributed by atoms with Crippen LogP contribution in [0.15, 0.2) is 36.5 Å². The van der Waals surface area contributed by atoms with Gasteiger partial charge in [0.05, 0.1) is 17.5 Å². The molecular weight excluding hydrogens is 468 g/mol. The van der Waals surface area contributed by atoms with Crippen molar-refractivity contribution in [3.05, 3.63) is 64.3 Å². The Morgan fingerprint density at radius 2 is 1.80 bits per heavy atom. The molecule has 4 rings (SSSR count). The van der Waals surface area contributed by atoms with E-state index in [2.05, 4.69) is 4.98 Å². The summed E-state index contributed by atoms with van der Waals surface area (Å²) >= 11 is 0. The fourth-order valence-corrected chi connectivity index (χ4v) is 4.76. The van der Waals surface area contributed by atoms with E-state index in [1.807, 2.05) is 31.2 Å². The highest BCUT2D eigenvalue weighted by molar-refractivity contribution is 7.92. The van der Waals surface area contributed by atoms with Gasteiger partial charge in [0, 0.05) is 44.8 Å². The number of phenolic OH excluding ortho intramolecular Hbond substituents is 1. The summed E-state index contributed by atoms with van der Waals surface area (Å²) in [5, 5.41) is 11.5. The van der Waals surface area contributed by atoms with E-state index in [9.17, 15) is 23.1 Å². The van der Waals surface area contributed by atoms with Gasteiger partial charge < -0.3 is 14.9 Å².